The maximum Gasteiger partial charge on any atom is 0.331 e. The third-order valence-corrected chi connectivity index (χ3v) is 5.06. The largest absolute Gasteiger partial charge is 0.481 e. The number of hydrogen-bond donors (Lipinski definition) is 1. The number of ether oxygens (including phenoxy) is 1. The lowest BCUT2D eigenvalue weighted by atomic mass is 10.4. The summed E-state index contributed by atoms with van der Waals surface area (Å²) < 4.78 is 8.02. The summed E-state index contributed by atoms with van der Waals surface area (Å²) in [4.78, 5) is 34.9. The Morgan fingerprint density at radius 2 is 2.07 bits per heavy atom. The molecule has 0 aliphatic rings. The van der Waals surface area contributed by atoms with Gasteiger partial charge in [0, 0.05) is 17.1 Å². The van der Waals surface area contributed by atoms with Gasteiger partial charge in [0.05, 0.1) is 31.1 Å². The van der Waals surface area contributed by atoms with Gasteiger partial charge in [0.25, 0.3) is 0 Å². The van der Waals surface area contributed by atoms with Crippen molar-refractivity contribution < 1.29 is 9.53 Å². The van der Waals surface area contributed by atoms with Crippen LogP contribution < -0.4 is 15.7 Å². The Hall–Kier alpha value is -3.46. The summed E-state index contributed by atoms with van der Waals surface area (Å²) in [7, 11) is 1.52. The van der Waals surface area contributed by atoms with Gasteiger partial charge in [-0.25, -0.2) is 14.8 Å². The van der Waals surface area contributed by atoms with Gasteiger partial charge in [-0.2, -0.15) is 0 Å². The highest BCUT2D eigenvalue weighted by Crippen LogP contribution is 2.16. The number of carbonyl (C=O) groups excluding carboxylic acids is 1. The Kier molecular flexibility index (Phi) is 4.90. The van der Waals surface area contributed by atoms with E-state index >= 15 is 0 Å². The van der Waals surface area contributed by atoms with Crippen molar-refractivity contribution in [2.75, 3.05) is 12.4 Å². The van der Waals surface area contributed by atoms with E-state index in [1.807, 2.05) is 17.5 Å². The number of amides is 1. The molecule has 0 saturated carbocycles. The highest BCUT2D eigenvalue weighted by atomic mass is 32.1. The molecule has 4 rings (SSSR count). The van der Waals surface area contributed by atoms with Crippen LogP contribution in [-0.2, 0) is 17.9 Å². The first-order valence-corrected chi connectivity index (χ1v) is 9.40. The van der Waals surface area contributed by atoms with Crippen molar-refractivity contribution >= 4 is 34.1 Å². The van der Waals surface area contributed by atoms with Crippen LogP contribution in [0.5, 0.6) is 5.88 Å². The zero-order valence-corrected chi connectivity index (χ0v) is 15.8. The highest BCUT2D eigenvalue weighted by molar-refractivity contribution is 7.09. The summed E-state index contributed by atoms with van der Waals surface area (Å²) in [5.74, 6) is 0.130. The van der Waals surface area contributed by atoms with E-state index in [-0.39, 0.29) is 18.1 Å². The van der Waals surface area contributed by atoms with E-state index in [4.69, 9.17) is 4.74 Å². The molecule has 4 aromatic rings. The minimum Gasteiger partial charge on any atom is -0.481 e. The molecular weight excluding hydrogens is 378 g/mol. The number of rotatable bonds is 6. The first-order valence-electron chi connectivity index (χ1n) is 8.52. The van der Waals surface area contributed by atoms with E-state index in [1.54, 1.807) is 46.4 Å². The van der Waals surface area contributed by atoms with E-state index in [2.05, 4.69) is 15.3 Å². The molecule has 0 saturated heterocycles. The van der Waals surface area contributed by atoms with E-state index in [1.165, 1.54) is 17.9 Å². The van der Waals surface area contributed by atoms with Gasteiger partial charge >= 0.3 is 5.69 Å². The van der Waals surface area contributed by atoms with Gasteiger partial charge in [0.15, 0.2) is 5.65 Å². The fourth-order valence-corrected chi connectivity index (χ4v) is 3.61. The standard InChI is InChI=1S/C19H17N5O3S/c1-27-17-7-6-13(10-21-17)22-16(25)12-23-15-5-2-8-20-18(15)24(19(23)26)11-14-4-3-9-28-14/h2-10H,11-12H2,1H3,(H,22,25). The molecule has 4 heterocycles. The molecule has 0 radical (unpaired) electrons. The van der Waals surface area contributed by atoms with Gasteiger partial charge in [-0.15, -0.1) is 11.3 Å². The van der Waals surface area contributed by atoms with Crippen molar-refractivity contribution in [1.29, 1.82) is 0 Å². The van der Waals surface area contributed by atoms with Crippen LogP contribution in [-0.4, -0.2) is 32.1 Å². The number of hydrogen-bond acceptors (Lipinski definition) is 6. The number of nitrogens with zero attached hydrogens (tertiary/aromatic N) is 4. The van der Waals surface area contributed by atoms with Crippen LogP contribution in [0.4, 0.5) is 5.69 Å². The molecular formula is C19H17N5O3S. The molecule has 0 aliphatic carbocycles. The molecule has 0 aromatic carbocycles. The second kappa shape index (κ2) is 7.65. The van der Waals surface area contributed by atoms with Crippen LogP contribution in [0, 0.1) is 0 Å². The summed E-state index contributed by atoms with van der Waals surface area (Å²) in [6, 6.07) is 10.8. The fraction of sp³-hybridized carbons (Fsp3) is 0.158. The summed E-state index contributed by atoms with van der Waals surface area (Å²) in [6.07, 6.45) is 3.14. The second-order valence-corrected chi connectivity index (χ2v) is 7.05. The minimum atomic E-state index is -0.326. The van der Waals surface area contributed by atoms with Gasteiger partial charge in [0.1, 0.15) is 6.54 Å². The van der Waals surface area contributed by atoms with Gasteiger partial charge in [0.2, 0.25) is 11.8 Å². The predicted octanol–water partition coefficient (Wildman–Crippen LogP) is 2.35. The number of aromatic nitrogens is 4. The SMILES string of the molecule is COc1ccc(NC(=O)Cn2c(=O)n(Cc3cccs3)c3ncccc32)cn1. The van der Waals surface area contributed by atoms with Crippen LogP contribution >= 0.6 is 11.3 Å². The van der Waals surface area contributed by atoms with Gasteiger partial charge < -0.3 is 10.1 Å². The lowest BCUT2D eigenvalue weighted by molar-refractivity contribution is -0.116. The average molecular weight is 395 g/mol. The molecule has 142 valence electrons. The van der Waals surface area contributed by atoms with Gasteiger partial charge in [-0.1, -0.05) is 6.07 Å². The lowest BCUT2D eigenvalue weighted by Gasteiger charge is -2.06. The molecule has 0 bridgehead atoms. The van der Waals surface area contributed by atoms with E-state index in [9.17, 15) is 9.59 Å². The van der Waals surface area contributed by atoms with Crippen molar-refractivity contribution in [3.05, 3.63) is 69.5 Å². The van der Waals surface area contributed by atoms with Crippen molar-refractivity contribution in [2.24, 2.45) is 0 Å². The molecule has 28 heavy (non-hydrogen) atoms. The Bertz CT molecular complexity index is 1160. The molecule has 0 fully saturated rings. The number of imidazole rings is 1. The average Bonchev–Trinajstić information content (AvgIpc) is 3.32. The zero-order valence-electron chi connectivity index (χ0n) is 15.0. The third-order valence-electron chi connectivity index (χ3n) is 4.20. The number of pyridine rings is 2. The summed E-state index contributed by atoms with van der Waals surface area (Å²) in [5.41, 5.74) is 1.43. The molecule has 8 nitrogen and oxygen atoms in total. The highest BCUT2D eigenvalue weighted by Gasteiger charge is 2.17. The Balaban J connectivity index is 1.61. The van der Waals surface area contributed by atoms with Crippen LogP contribution in [0.25, 0.3) is 11.2 Å². The summed E-state index contributed by atoms with van der Waals surface area (Å²) >= 11 is 1.57. The van der Waals surface area contributed by atoms with Crippen LogP contribution in [0.3, 0.4) is 0 Å². The molecule has 0 unspecified atom stereocenters. The van der Waals surface area contributed by atoms with Crippen molar-refractivity contribution in [3.63, 3.8) is 0 Å². The quantitative estimate of drug-likeness (QED) is 0.541. The molecule has 0 spiro atoms. The molecule has 9 heteroatoms. The maximum absolute atomic E-state index is 13.0. The number of methoxy groups -OCH3 is 1. The van der Waals surface area contributed by atoms with Crippen LogP contribution in [0.15, 0.2) is 59.0 Å². The first kappa shape index (κ1) is 17.9. The molecule has 1 N–H and O–H groups in total. The van der Waals surface area contributed by atoms with E-state index in [0.717, 1.165) is 4.88 Å². The van der Waals surface area contributed by atoms with Crippen molar-refractivity contribution in [3.8, 4) is 5.88 Å². The zero-order chi connectivity index (χ0) is 19.5. The summed E-state index contributed by atoms with van der Waals surface area (Å²) in [6.45, 7) is 0.297. The molecule has 0 aliphatic heterocycles. The predicted molar refractivity (Wildman–Crippen MR) is 107 cm³/mol. The van der Waals surface area contributed by atoms with E-state index in [0.29, 0.717) is 29.3 Å². The van der Waals surface area contributed by atoms with E-state index < -0.39 is 0 Å². The molecule has 4 aromatic heterocycles. The number of carbonyl (C=O) groups is 1. The maximum atomic E-state index is 13.0. The summed E-state index contributed by atoms with van der Waals surface area (Å²) in [5, 5.41) is 4.71. The topological polar surface area (TPSA) is 91.0 Å². The molecule has 0 atom stereocenters. The smallest absolute Gasteiger partial charge is 0.331 e. The number of nitrogens with one attached hydrogen (secondary N) is 1. The van der Waals surface area contributed by atoms with Crippen molar-refractivity contribution in [1.82, 2.24) is 19.1 Å². The number of anilines is 1. The normalized spacial score (nSPS) is 10.9. The van der Waals surface area contributed by atoms with Crippen molar-refractivity contribution in [2.45, 2.75) is 13.1 Å². The Morgan fingerprint density at radius 3 is 2.79 bits per heavy atom. The van der Waals surface area contributed by atoms with Gasteiger partial charge in [-0.3, -0.25) is 13.9 Å². The monoisotopic (exact) mass is 395 g/mol. The Labute approximate surface area is 164 Å². The third kappa shape index (κ3) is 3.52. The van der Waals surface area contributed by atoms with Gasteiger partial charge in [-0.05, 0) is 29.6 Å². The lowest BCUT2D eigenvalue weighted by Crippen LogP contribution is -2.29. The molecule has 1 amide bonds. The Morgan fingerprint density at radius 1 is 1.18 bits per heavy atom. The van der Waals surface area contributed by atoms with Crippen LogP contribution in [0.1, 0.15) is 4.88 Å². The number of thiophene rings is 1. The number of fused-ring (bicyclic) bond motifs is 1. The van der Waals surface area contributed by atoms with Crippen LogP contribution in [0.2, 0.25) is 0 Å². The minimum absolute atomic E-state index is 0.121. The fourth-order valence-electron chi connectivity index (χ4n) is 2.92. The first-order chi connectivity index (χ1) is 13.7. The second-order valence-electron chi connectivity index (χ2n) is 6.02.